The molecule has 0 aromatic heterocycles. The Morgan fingerprint density at radius 2 is 1.76 bits per heavy atom. The van der Waals surface area contributed by atoms with Crippen molar-refractivity contribution in [1.82, 2.24) is 0 Å². The summed E-state index contributed by atoms with van der Waals surface area (Å²) < 4.78 is 1.53. The quantitative estimate of drug-likeness (QED) is 0.673. The van der Waals surface area contributed by atoms with E-state index in [0.717, 1.165) is 8.95 Å². The van der Waals surface area contributed by atoms with Crippen molar-refractivity contribution in [2.24, 2.45) is 5.73 Å². The first kappa shape index (κ1) is 16.6. The molecule has 0 heterocycles. The van der Waals surface area contributed by atoms with E-state index in [9.17, 15) is 4.79 Å². The number of carbonyl (C=O) groups excluding carboxylic acids is 1. The minimum Gasteiger partial charge on any atom is -0.370 e. The van der Waals surface area contributed by atoms with Gasteiger partial charge in [0.2, 0.25) is 5.91 Å². The summed E-state index contributed by atoms with van der Waals surface area (Å²) >= 11 is 18.8. The number of nitrogens with one attached hydrogen (secondary N) is 1. The Morgan fingerprint density at radius 3 is 2.38 bits per heavy atom. The van der Waals surface area contributed by atoms with Crippen molar-refractivity contribution in [3.63, 3.8) is 0 Å². The van der Waals surface area contributed by atoms with Crippen molar-refractivity contribution >= 4 is 66.7 Å². The number of hydrogen-bond acceptors (Lipinski definition) is 2. The monoisotopic (exact) mass is 450 g/mol. The second-order valence-corrected chi connectivity index (χ2v) is 6.86. The summed E-state index contributed by atoms with van der Waals surface area (Å²) in [5.41, 5.74) is 6.79. The number of anilines is 1. The molecule has 0 fully saturated rings. The van der Waals surface area contributed by atoms with Gasteiger partial charge in [-0.2, -0.15) is 0 Å². The largest absolute Gasteiger partial charge is 0.370 e. The molecular weight excluding hydrogens is 443 g/mol. The van der Waals surface area contributed by atoms with E-state index >= 15 is 0 Å². The molecule has 2 rings (SSSR count). The predicted molar refractivity (Wildman–Crippen MR) is 93.9 cm³/mol. The fourth-order valence-electron chi connectivity index (χ4n) is 1.79. The average molecular weight is 453 g/mol. The Morgan fingerprint density at radius 1 is 1.10 bits per heavy atom. The van der Waals surface area contributed by atoms with Crippen LogP contribution in [0, 0.1) is 0 Å². The topological polar surface area (TPSA) is 55.1 Å². The number of primary amides is 1. The number of hydrogen-bond donors (Lipinski definition) is 2. The maximum absolute atomic E-state index is 11.8. The van der Waals surface area contributed by atoms with Gasteiger partial charge in [-0.3, -0.25) is 4.79 Å². The Hall–Kier alpha value is -0.750. The highest BCUT2D eigenvalue weighted by Crippen LogP contribution is 2.31. The van der Waals surface area contributed by atoms with E-state index in [1.54, 1.807) is 36.4 Å². The van der Waals surface area contributed by atoms with Crippen molar-refractivity contribution < 1.29 is 4.79 Å². The number of nitrogens with two attached hydrogens (primary N) is 1. The number of rotatable bonds is 4. The van der Waals surface area contributed by atoms with Gasteiger partial charge in [-0.15, -0.1) is 0 Å². The van der Waals surface area contributed by atoms with Gasteiger partial charge in [-0.05, 0) is 52.3 Å². The third-order valence-electron chi connectivity index (χ3n) is 2.78. The van der Waals surface area contributed by atoms with Crippen LogP contribution in [0.5, 0.6) is 0 Å². The summed E-state index contributed by atoms with van der Waals surface area (Å²) in [4.78, 5) is 11.8. The third kappa shape index (κ3) is 4.13. The standard InChI is InChI=1S/C14H10Br2Cl2N2O/c15-7-1-3-11(17)9(5-7)13(14(19)21)20-8-2-4-12(18)10(16)6-8/h1-6,13,20H,(H2,19,21). The van der Waals surface area contributed by atoms with E-state index in [-0.39, 0.29) is 0 Å². The fourth-order valence-corrected chi connectivity index (χ4v) is 2.89. The van der Waals surface area contributed by atoms with Crippen molar-refractivity contribution in [3.05, 3.63) is 61.0 Å². The Balaban J connectivity index is 2.37. The van der Waals surface area contributed by atoms with Crippen molar-refractivity contribution in [2.45, 2.75) is 6.04 Å². The summed E-state index contributed by atoms with van der Waals surface area (Å²) in [7, 11) is 0. The lowest BCUT2D eigenvalue weighted by molar-refractivity contribution is -0.118. The molecule has 0 saturated heterocycles. The average Bonchev–Trinajstić information content (AvgIpc) is 2.42. The van der Waals surface area contributed by atoms with Gasteiger partial charge < -0.3 is 11.1 Å². The predicted octanol–water partition coefficient (Wildman–Crippen LogP) is 5.16. The molecule has 3 N–H and O–H groups in total. The molecule has 1 unspecified atom stereocenters. The Kier molecular flexibility index (Phi) is 5.54. The molecule has 1 atom stereocenters. The third-order valence-corrected chi connectivity index (χ3v) is 4.84. The summed E-state index contributed by atoms with van der Waals surface area (Å²) in [6.07, 6.45) is 0. The Bertz CT molecular complexity index is 695. The maximum Gasteiger partial charge on any atom is 0.244 e. The lowest BCUT2D eigenvalue weighted by Crippen LogP contribution is -2.28. The normalized spacial score (nSPS) is 12.0. The molecule has 2 aromatic carbocycles. The first-order valence-corrected chi connectivity index (χ1v) is 8.18. The van der Waals surface area contributed by atoms with E-state index in [1.165, 1.54) is 0 Å². The van der Waals surface area contributed by atoms with Gasteiger partial charge in [0.05, 0.1) is 5.02 Å². The molecular formula is C14H10Br2Cl2N2O. The highest BCUT2D eigenvalue weighted by molar-refractivity contribution is 9.10. The van der Waals surface area contributed by atoms with Crippen LogP contribution in [-0.4, -0.2) is 5.91 Å². The highest BCUT2D eigenvalue weighted by Gasteiger charge is 2.21. The number of amides is 1. The SMILES string of the molecule is NC(=O)C(Nc1ccc(Cl)c(Br)c1)c1cc(Br)ccc1Cl. The van der Waals surface area contributed by atoms with Crippen LogP contribution < -0.4 is 11.1 Å². The van der Waals surface area contributed by atoms with Gasteiger partial charge in [0.25, 0.3) is 0 Å². The van der Waals surface area contributed by atoms with Gasteiger partial charge in [-0.1, -0.05) is 39.1 Å². The van der Waals surface area contributed by atoms with E-state index in [4.69, 9.17) is 28.9 Å². The van der Waals surface area contributed by atoms with Crippen molar-refractivity contribution in [2.75, 3.05) is 5.32 Å². The summed E-state index contributed by atoms with van der Waals surface area (Å²) in [6, 6.07) is 9.76. The van der Waals surface area contributed by atoms with E-state index in [0.29, 0.717) is 21.3 Å². The minimum atomic E-state index is -0.747. The van der Waals surface area contributed by atoms with Crippen molar-refractivity contribution in [3.8, 4) is 0 Å². The number of carbonyl (C=O) groups is 1. The zero-order valence-electron chi connectivity index (χ0n) is 10.5. The van der Waals surface area contributed by atoms with Crippen LogP contribution in [0.1, 0.15) is 11.6 Å². The van der Waals surface area contributed by atoms with Crippen LogP contribution in [-0.2, 0) is 4.79 Å². The molecule has 110 valence electrons. The molecule has 21 heavy (non-hydrogen) atoms. The van der Waals surface area contributed by atoms with E-state index < -0.39 is 11.9 Å². The molecule has 3 nitrogen and oxygen atoms in total. The Labute approximate surface area is 149 Å². The molecule has 0 radical (unpaired) electrons. The zero-order valence-corrected chi connectivity index (χ0v) is 15.2. The van der Waals surface area contributed by atoms with E-state index in [2.05, 4.69) is 37.2 Å². The molecule has 0 aliphatic rings. The van der Waals surface area contributed by atoms with Crippen LogP contribution >= 0.6 is 55.1 Å². The van der Waals surface area contributed by atoms with Gasteiger partial charge >= 0.3 is 0 Å². The number of halogens is 4. The van der Waals surface area contributed by atoms with Gasteiger partial charge in [0.15, 0.2) is 0 Å². The maximum atomic E-state index is 11.8. The highest BCUT2D eigenvalue weighted by atomic mass is 79.9. The molecule has 0 aliphatic carbocycles. The van der Waals surface area contributed by atoms with Gasteiger partial charge in [-0.25, -0.2) is 0 Å². The fraction of sp³-hybridized carbons (Fsp3) is 0.0714. The zero-order chi connectivity index (χ0) is 15.6. The molecule has 7 heteroatoms. The second-order valence-electron chi connectivity index (χ2n) is 4.27. The molecule has 0 spiro atoms. The van der Waals surface area contributed by atoms with Crippen LogP contribution in [0.3, 0.4) is 0 Å². The molecule has 0 saturated carbocycles. The van der Waals surface area contributed by atoms with Crippen LogP contribution in [0.15, 0.2) is 45.3 Å². The second kappa shape index (κ2) is 7.01. The lowest BCUT2D eigenvalue weighted by Gasteiger charge is -2.19. The van der Waals surface area contributed by atoms with Crippen LogP contribution in [0.2, 0.25) is 10.0 Å². The van der Waals surface area contributed by atoms with Gasteiger partial charge in [0.1, 0.15) is 6.04 Å². The first-order chi connectivity index (χ1) is 9.88. The van der Waals surface area contributed by atoms with Crippen LogP contribution in [0.25, 0.3) is 0 Å². The molecule has 1 amide bonds. The van der Waals surface area contributed by atoms with Crippen LogP contribution in [0.4, 0.5) is 5.69 Å². The summed E-state index contributed by atoms with van der Waals surface area (Å²) in [6.45, 7) is 0. The first-order valence-electron chi connectivity index (χ1n) is 5.84. The summed E-state index contributed by atoms with van der Waals surface area (Å²) in [5.74, 6) is -0.527. The lowest BCUT2D eigenvalue weighted by atomic mass is 10.1. The van der Waals surface area contributed by atoms with Crippen molar-refractivity contribution in [1.29, 1.82) is 0 Å². The molecule has 0 bridgehead atoms. The smallest absolute Gasteiger partial charge is 0.244 e. The summed E-state index contributed by atoms with van der Waals surface area (Å²) in [5, 5.41) is 4.10. The number of benzene rings is 2. The molecule has 2 aromatic rings. The molecule has 0 aliphatic heterocycles. The van der Waals surface area contributed by atoms with Gasteiger partial charge in [0, 0.05) is 25.2 Å². The van der Waals surface area contributed by atoms with E-state index in [1.807, 2.05) is 0 Å². The minimum absolute atomic E-state index is 0.461.